The molecule has 1 aliphatic heterocycles. The van der Waals surface area contributed by atoms with Crippen molar-refractivity contribution in [2.45, 2.75) is 13.0 Å². The van der Waals surface area contributed by atoms with Crippen LogP contribution in [0.2, 0.25) is 5.02 Å². The van der Waals surface area contributed by atoms with Gasteiger partial charge in [0.2, 0.25) is 0 Å². The number of benzene rings is 2. The van der Waals surface area contributed by atoms with Crippen molar-refractivity contribution in [3.05, 3.63) is 53.2 Å². The van der Waals surface area contributed by atoms with Gasteiger partial charge >= 0.3 is 0 Å². The van der Waals surface area contributed by atoms with Gasteiger partial charge in [-0.15, -0.1) is 0 Å². The number of fused-ring (bicyclic) bond motifs is 1. The molecule has 1 fully saturated rings. The third-order valence-electron chi connectivity index (χ3n) is 5.01. The minimum atomic E-state index is -0.512. The SMILES string of the molecule is CCOc1ccccc1OCC1CN(c2c(C(N)=O)[nH]c3ccc(Cl)cc23)CCO1. The first-order chi connectivity index (χ1) is 14.6. The largest absolute Gasteiger partial charge is 0.490 e. The van der Waals surface area contributed by atoms with Crippen molar-refractivity contribution < 1.29 is 19.0 Å². The highest BCUT2D eigenvalue weighted by atomic mass is 35.5. The summed E-state index contributed by atoms with van der Waals surface area (Å²) < 4.78 is 17.5. The lowest BCUT2D eigenvalue weighted by molar-refractivity contribution is 0.00968. The van der Waals surface area contributed by atoms with Gasteiger partial charge in [-0.2, -0.15) is 0 Å². The number of aromatic amines is 1. The number of nitrogens with zero attached hydrogens (tertiary/aromatic N) is 1. The van der Waals surface area contributed by atoms with Crippen LogP contribution in [0.3, 0.4) is 0 Å². The Balaban J connectivity index is 1.54. The number of carbonyl (C=O) groups excluding carboxylic acids is 1. The number of para-hydroxylation sites is 2. The predicted octanol–water partition coefficient (Wildman–Crippen LogP) is 3.60. The molecule has 3 N–H and O–H groups in total. The molecule has 1 saturated heterocycles. The number of rotatable bonds is 7. The molecule has 4 rings (SSSR count). The van der Waals surface area contributed by atoms with Crippen molar-refractivity contribution in [2.24, 2.45) is 5.73 Å². The zero-order valence-electron chi connectivity index (χ0n) is 16.7. The second-order valence-corrected chi connectivity index (χ2v) is 7.47. The van der Waals surface area contributed by atoms with E-state index in [1.807, 2.05) is 43.3 Å². The molecule has 0 saturated carbocycles. The Kier molecular flexibility index (Phi) is 6.01. The maximum atomic E-state index is 12.1. The Hall–Kier alpha value is -2.90. The van der Waals surface area contributed by atoms with E-state index in [1.54, 1.807) is 6.07 Å². The van der Waals surface area contributed by atoms with Gasteiger partial charge < -0.3 is 29.8 Å². The maximum Gasteiger partial charge on any atom is 0.267 e. The third-order valence-corrected chi connectivity index (χ3v) is 5.24. The Labute approximate surface area is 179 Å². The number of morpholine rings is 1. The third kappa shape index (κ3) is 4.17. The van der Waals surface area contributed by atoms with Crippen LogP contribution in [0.15, 0.2) is 42.5 Å². The van der Waals surface area contributed by atoms with Crippen molar-refractivity contribution in [3.8, 4) is 11.5 Å². The van der Waals surface area contributed by atoms with Crippen molar-refractivity contribution in [1.29, 1.82) is 0 Å². The summed E-state index contributed by atoms with van der Waals surface area (Å²) in [6.45, 7) is 4.54. The average Bonchev–Trinajstić information content (AvgIpc) is 3.12. The zero-order valence-corrected chi connectivity index (χ0v) is 17.4. The molecule has 0 aliphatic carbocycles. The van der Waals surface area contributed by atoms with Crippen LogP contribution in [0.25, 0.3) is 10.9 Å². The number of H-pyrrole nitrogens is 1. The molecule has 1 unspecified atom stereocenters. The van der Waals surface area contributed by atoms with E-state index >= 15 is 0 Å². The molecule has 1 atom stereocenters. The quantitative estimate of drug-likeness (QED) is 0.599. The number of nitrogens with two attached hydrogens (primary N) is 1. The van der Waals surface area contributed by atoms with Gasteiger partial charge in [0.1, 0.15) is 18.4 Å². The molecule has 2 aromatic carbocycles. The lowest BCUT2D eigenvalue weighted by atomic mass is 10.1. The molecule has 158 valence electrons. The van der Waals surface area contributed by atoms with Crippen molar-refractivity contribution in [1.82, 2.24) is 4.98 Å². The molecule has 30 heavy (non-hydrogen) atoms. The van der Waals surface area contributed by atoms with Gasteiger partial charge in [0.05, 0.1) is 18.9 Å². The summed E-state index contributed by atoms with van der Waals surface area (Å²) in [5.41, 5.74) is 7.57. The smallest absolute Gasteiger partial charge is 0.267 e. The summed E-state index contributed by atoms with van der Waals surface area (Å²) >= 11 is 6.20. The minimum absolute atomic E-state index is 0.182. The summed E-state index contributed by atoms with van der Waals surface area (Å²) in [5, 5.41) is 1.46. The Bertz CT molecular complexity index is 1050. The second-order valence-electron chi connectivity index (χ2n) is 7.03. The number of halogens is 1. The first-order valence-corrected chi connectivity index (χ1v) is 10.3. The van der Waals surface area contributed by atoms with E-state index < -0.39 is 5.91 Å². The summed E-state index contributed by atoms with van der Waals surface area (Å²) in [4.78, 5) is 17.3. The van der Waals surface area contributed by atoms with Gasteiger partial charge in [-0.3, -0.25) is 4.79 Å². The lowest BCUT2D eigenvalue weighted by Crippen LogP contribution is -2.45. The fourth-order valence-corrected chi connectivity index (χ4v) is 3.88. The highest BCUT2D eigenvalue weighted by Crippen LogP contribution is 2.34. The van der Waals surface area contributed by atoms with E-state index in [0.717, 1.165) is 16.6 Å². The average molecular weight is 430 g/mol. The van der Waals surface area contributed by atoms with Crippen LogP contribution in [0, 0.1) is 0 Å². The first-order valence-electron chi connectivity index (χ1n) is 9.89. The zero-order chi connectivity index (χ0) is 21.1. The molecule has 7 nitrogen and oxygen atoms in total. The molecule has 8 heteroatoms. The number of nitrogens with one attached hydrogen (secondary N) is 1. The summed E-state index contributed by atoms with van der Waals surface area (Å²) in [5.74, 6) is 0.869. The lowest BCUT2D eigenvalue weighted by Gasteiger charge is -2.34. The van der Waals surface area contributed by atoms with Crippen LogP contribution >= 0.6 is 11.6 Å². The Morgan fingerprint density at radius 2 is 2.03 bits per heavy atom. The molecule has 0 spiro atoms. The molecule has 2 heterocycles. The summed E-state index contributed by atoms with van der Waals surface area (Å²) in [6, 6.07) is 13.0. The fourth-order valence-electron chi connectivity index (χ4n) is 3.71. The summed E-state index contributed by atoms with van der Waals surface area (Å²) in [6.07, 6.45) is -0.182. The highest BCUT2D eigenvalue weighted by molar-refractivity contribution is 6.31. The van der Waals surface area contributed by atoms with Gasteiger partial charge in [-0.25, -0.2) is 0 Å². The molecule has 0 bridgehead atoms. The fraction of sp³-hybridized carbons (Fsp3) is 0.318. The topological polar surface area (TPSA) is 89.8 Å². The summed E-state index contributed by atoms with van der Waals surface area (Å²) in [7, 11) is 0. The number of carbonyl (C=O) groups is 1. The molecule has 0 radical (unpaired) electrons. The van der Waals surface area contributed by atoms with Crippen LogP contribution in [-0.4, -0.2) is 49.9 Å². The standard InChI is InChI=1S/C22H24ClN3O4/c1-2-28-18-5-3-4-6-19(18)30-13-15-12-26(9-10-29-15)21-16-11-14(23)7-8-17(16)25-20(21)22(24)27/h3-8,11,15,25H,2,9-10,12-13H2,1H3,(H2,24,27). The van der Waals surface area contributed by atoms with Crippen molar-refractivity contribution >= 4 is 34.1 Å². The monoisotopic (exact) mass is 429 g/mol. The molecular formula is C22H24ClN3O4. The second kappa shape index (κ2) is 8.85. The van der Waals surface area contributed by atoms with Gasteiger partial charge in [0, 0.05) is 29.0 Å². The number of aromatic nitrogens is 1. The van der Waals surface area contributed by atoms with E-state index in [9.17, 15) is 4.79 Å². The highest BCUT2D eigenvalue weighted by Gasteiger charge is 2.27. The molecule has 1 amide bonds. The van der Waals surface area contributed by atoms with Gasteiger partial charge in [-0.05, 0) is 37.3 Å². The molecule has 1 aliphatic rings. The van der Waals surface area contributed by atoms with Crippen LogP contribution in [-0.2, 0) is 4.74 Å². The van der Waals surface area contributed by atoms with Gasteiger partial charge in [0.25, 0.3) is 5.91 Å². The van der Waals surface area contributed by atoms with Crippen LogP contribution in [0.5, 0.6) is 11.5 Å². The van der Waals surface area contributed by atoms with Gasteiger partial charge in [-0.1, -0.05) is 23.7 Å². The minimum Gasteiger partial charge on any atom is -0.490 e. The first kappa shape index (κ1) is 20.4. The number of amides is 1. The van der Waals surface area contributed by atoms with Crippen molar-refractivity contribution in [2.75, 3.05) is 37.8 Å². The van der Waals surface area contributed by atoms with E-state index in [0.29, 0.717) is 55.1 Å². The Morgan fingerprint density at radius 3 is 2.77 bits per heavy atom. The molecular weight excluding hydrogens is 406 g/mol. The normalized spacial score (nSPS) is 16.6. The van der Waals surface area contributed by atoms with E-state index in [-0.39, 0.29) is 6.10 Å². The van der Waals surface area contributed by atoms with Crippen LogP contribution in [0.1, 0.15) is 17.4 Å². The van der Waals surface area contributed by atoms with E-state index in [1.165, 1.54) is 0 Å². The van der Waals surface area contributed by atoms with E-state index in [4.69, 9.17) is 31.5 Å². The van der Waals surface area contributed by atoms with Crippen molar-refractivity contribution in [3.63, 3.8) is 0 Å². The van der Waals surface area contributed by atoms with E-state index in [2.05, 4.69) is 9.88 Å². The number of hydrogen-bond acceptors (Lipinski definition) is 5. The Morgan fingerprint density at radius 1 is 1.27 bits per heavy atom. The predicted molar refractivity (Wildman–Crippen MR) is 117 cm³/mol. The van der Waals surface area contributed by atoms with Gasteiger partial charge in [0.15, 0.2) is 11.5 Å². The maximum absolute atomic E-state index is 12.1. The van der Waals surface area contributed by atoms with Crippen LogP contribution < -0.4 is 20.1 Å². The molecule has 1 aromatic heterocycles. The number of anilines is 1. The molecule has 3 aromatic rings. The number of ether oxygens (including phenoxy) is 3. The number of primary amides is 1. The van der Waals surface area contributed by atoms with Crippen LogP contribution in [0.4, 0.5) is 5.69 Å². The number of hydrogen-bond donors (Lipinski definition) is 2.